The monoisotopic (exact) mass is 230 g/mol. The summed E-state index contributed by atoms with van der Waals surface area (Å²) in [5.74, 6) is -1.81. The summed E-state index contributed by atoms with van der Waals surface area (Å²) in [5.41, 5.74) is 0. The summed E-state index contributed by atoms with van der Waals surface area (Å²) in [5, 5.41) is 44.3. The summed E-state index contributed by atoms with van der Waals surface area (Å²) in [4.78, 5) is 16.7. The van der Waals surface area contributed by atoms with Crippen molar-refractivity contribution in [3.8, 4) is 0 Å². The standard InChI is InChI=1S/C4H8O3.2HNO3/c5-4(6)2-1-3-7-4;2*2-1(3)4/h5-6H,1-3H2;2*(H,2,3,4). The Morgan fingerprint density at radius 3 is 1.53 bits per heavy atom. The van der Waals surface area contributed by atoms with Gasteiger partial charge in [0.2, 0.25) is 0 Å². The van der Waals surface area contributed by atoms with Gasteiger partial charge in [0.25, 0.3) is 16.1 Å². The van der Waals surface area contributed by atoms with Crippen LogP contribution in [-0.4, -0.2) is 43.4 Å². The summed E-state index contributed by atoms with van der Waals surface area (Å²) < 4.78 is 4.45. The average Bonchev–Trinajstić information content (AvgIpc) is 2.31. The molecular weight excluding hydrogens is 220 g/mol. The SMILES string of the molecule is O=[N+]([O-])O.O=[N+]([O-])O.OC1(O)CCCO1. The predicted octanol–water partition coefficient (Wildman–Crippen LogP) is -1.26. The molecule has 90 valence electrons. The Morgan fingerprint density at radius 2 is 1.47 bits per heavy atom. The minimum absolute atomic E-state index is 0.340. The van der Waals surface area contributed by atoms with Crippen LogP contribution in [-0.2, 0) is 4.74 Å². The summed E-state index contributed by atoms with van der Waals surface area (Å²) in [6, 6.07) is 0. The number of hydrogen-bond acceptors (Lipinski definition) is 7. The van der Waals surface area contributed by atoms with Crippen LogP contribution < -0.4 is 0 Å². The minimum Gasteiger partial charge on any atom is -0.343 e. The predicted molar refractivity (Wildman–Crippen MR) is 39.9 cm³/mol. The van der Waals surface area contributed by atoms with E-state index in [4.69, 9.17) is 40.9 Å². The van der Waals surface area contributed by atoms with E-state index >= 15 is 0 Å². The molecule has 0 radical (unpaired) electrons. The Morgan fingerprint density at radius 1 is 1.13 bits per heavy atom. The fourth-order valence-corrected chi connectivity index (χ4v) is 0.610. The van der Waals surface area contributed by atoms with Gasteiger partial charge in [-0.2, -0.15) is 0 Å². The first-order chi connectivity index (χ1) is 6.67. The molecule has 1 saturated heterocycles. The van der Waals surface area contributed by atoms with Crippen LogP contribution >= 0.6 is 0 Å². The summed E-state index contributed by atoms with van der Waals surface area (Å²) in [6.45, 7) is 0.465. The van der Waals surface area contributed by atoms with Gasteiger partial charge in [-0.05, 0) is 6.42 Å². The maximum Gasteiger partial charge on any atom is 0.291 e. The van der Waals surface area contributed by atoms with Crippen LogP contribution in [0.15, 0.2) is 0 Å². The van der Waals surface area contributed by atoms with Crippen molar-refractivity contribution >= 4 is 0 Å². The van der Waals surface area contributed by atoms with Crippen LogP contribution in [0.1, 0.15) is 12.8 Å². The molecular formula is C4H10N2O9. The third kappa shape index (κ3) is 24.5. The van der Waals surface area contributed by atoms with Crippen molar-refractivity contribution in [2.24, 2.45) is 0 Å². The first kappa shape index (κ1) is 15.7. The molecule has 1 aliphatic rings. The van der Waals surface area contributed by atoms with Gasteiger partial charge < -0.3 is 25.4 Å². The number of nitrogens with zero attached hydrogens (tertiary/aromatic N) is 2. The number of hydrogen-bond donors (Lipinski definition) is 4. The molecule has 1 rings (SSSR count). The van der Waals surface area contributed by atoms with Crippen molar-refractivity contribution < 1.29 is 35.5 Å². The smallest absolute Gasteiger partial charge is 0.291 e. The van der Waals surface area contributed by atoms with Crippen LogP contribution in [0.2, 0.25) is 0 Å². The lowest BCUT2D eigenvalue weighted by molar-refractivity contribution is -0.742. The van der Waals surface area contributed by atoms with E-state index in [1.807, 2.05) is 0 Å². The summed E-state index contributed by atoms with van der Waals surface area (Å²) >= 11 is 0. The van der Waals surface area contributed by atoms with Gasteiger partial charge in [0, 0.05) is 6.42 Å². The maximum absolute atomic E-state index is 8.53. The van der Waals surface area contributed by atoms with Crippen molar-refractivity contribution in [3.63, 3.8) is 0 Å². The number of ether oxygens (including phenoxy) is 1. The van der Waals surface area contributed by atoms with E-state index in [-0.39, 0.29) is 0 Å². The highest BCUT2D eigenvalue weighted by Crippen LogP contribution is 2.17. The summed E-state index contributed by atoms with van der Waals surface area (Å²) in [7, 11) is 0. The molecule has 0 aliphatic carbocycles. The molecule has 0 atom stereocenters. The minimum atomic E-state index is -1.81. The molecule has 0 unspecified atom stereocenters. The zero-order chi connectivity index (χ0) is 12.5. The molecule has 4 N–H and O–H groups in total. The van der Waals surface area contributed by atoms with Crippen molar-refractivity contribution in [2.75, 3.05) is 6.61 Å². The second-order valence-electron chi connectivity index (χ2n) is 2.17. The Labute approximate surface area is 82.3 Å². The molecule has 0 aromatic carbocycles. The molecule has 1 aliphatic heterocycles. The molecule has 0 saturated carbocycles. The Bertz CT molecular complexity index is 176. The fraction of sp³-hybridized carbons (Fsp3) is 1.00. The highest BCUT2D eigenvalue weighted by atomic mass is 16.9. The second-order valence-corrected chi connectivity index (χ2v) is 2.17. The van der Waals surface area contributed by atoms with E-state index in [1.54, 1.807) is 0 Å². The first-order valence-corrected chi connectivity index (χ1v) is 3.42. The topological polar surface area (TPSA) is 176 Å². The maximum atomic E-state index is 8.53. The zero-order valence-corrected chi connectivity index (χ0v) is 7.35. The van der Waals surface area contributed by atoms with Crippen LogP contribution in [0.4, 0.5) is 0 Å². The molecule has 11 nitrogen and oxygen atoms in total. The van der Waals surface area contributed by atoms with Gasteiger partial charge in [0.1, 0.15) is 0 Å². The van der Waals surface area contributed by atoms with E-state index in [0.29, 0.717) is 13.0 Å². The molecule has 1 heterocycles. The number of rotatable bonds is 0. The largest absolute Gasteiger partial charge is 0.343 e. The highest BCUT2D eigenvalue weighted by Gasteiger charge is 2.28. The van der Waals surface area contributed by atoms with E-state index < -0.39 is 16.1 Å². The van der Waals surface area contributed by atoms with Crippen molar-refractivity contribution in [1.82, 2.24) is 0 Å². The molecule has 0 spiro atoms. The van der Waals surface area contributed by atoms with Crippen LogP contribution in [0, 0.1) is 20.2 Å². The Kier molecular flexibility index (Phi) is 8.04. The van der Waals surface area contributed by atoms with Crippen LogP contribution in [0.5, 0.6) is 0 Å². The quantitative estimate of drug-likeness (QED) is 0.224. The van der Waals surface area contributed by atoms with Gasteiger partial charge in [-0.25, -0.2) is 0 Å². The van der Waals surface area contributed by atoms with Gasteiger partial charge >= 0.3 is 0 Å². The molecule has 0 aromatic heterocycles. The molecule has 0 amide bonds. The number of aliphatic hydroxyl groups is 2. The summed E-state index contributed by atoms with van der Waals surface area (Å²) in [6.07, 6.45) is 1.08. The van der Waals surface area contributed by atoms with E-state index in [9.17, 15) is 0 Å². The van der Waals surface area contributed by atoms with E-state index in [2.05, 4.69) is 4.74 Å². The lowest BCUT2D eigenvalue weighted by Gasteiger charge is -2.10. The van der Waals surface area contributed by atoms with Crippen molar-refractivity contribution in [3.05, 3.63) is 20.2 Å². The second kappa shape index (κ2) is 7.66. The van der Waals surface area contributed by atoms with Gasteiger partial charge in [0.15, 0.2) is 0 Å². The lowest BCUT2D eigenvalue weighted by atomic mass is 10.3. The fourth-order valence-electron chi connectivity index (χ4n) is 0.610. The molecule has 0 aromatic rings. The van der Waals surface area contributed by atoms with Gasteiger partial charge in [-0.15, -0.1) is 20.2 Å². The van der Waals surface area contributed by atoms with Crippen LogP contribution in [0.3, 0.4) is 0 Å². The zero-order valence-electron chi connectivity index (χ0n) is 7.35. The Hall–Kier alpha value is -1.72. The van der Waals surface area contributed by atoms with Crippen molar-refractivity contribution in [1.29, 1.82) is 0 Å². The normalized spacial score (nSPS) is 16.4. The first-order valence-electron chi connectivity index (χ1n) is 3.42. The van der Waals surface area contributed by atoms with E-state index in [1.165, 1.54) is 0 Å². The third-order valence-corrected chi connectivity index (χ3v) is 0.980. The van der Waals surface area contributed by atoms with Gasteiger partial charge in [-0.1, -0.05) is 0 Å². The molecule has 1 fully saturated rings. The average molecular weight is 230 g/mol. The highest BCUT2D eigenvalue weighted by molar-refractivity contribution is 4.57. The third-order valence-electron chi connectivity index (χ3n) is 0.980. The van der Waals surface area contributed by atoms with E-state index in [0.717, 1.165) is 6.42 Å². The van der Waals surface area contributed by atoms with Gasteiger partial charge in [0.05, 0.1) is 6.61 Å². The van der Waals surface area contributed by atoms with Crippen molar-refractivity contribution in [2.45, 2.75) is 18.8 Å². The molecule has 0 bridgehead atoms. The van der Waals surface area contributed by atoms with Gasteiger partial charge in [-0.3, -0.25) is 0 Å². The van der Waals surface area contributed by atoms with Crippen LogP contribution in [0.25, 0.3) is 0 Å². The Balaban J connectivity index is 0. The lowest BCUT2D eigenvalue weighted by Crippen LogP contribution is -2.25. The molecule has 11 heteroatoms. The molecule has 15 heavy (non-hydrogen) atoms.